The molecule has 0 aliphatic rings. The number of aromatic nitrogens is 2. The van der Waals surface area contributed by atoms with Crippen LogP contribution in [0.15, 0.2) is 66.7 Å². The molecule has 0 aliphatic heterocycles. The van der Waals surface area contributed by atoms with Gasteiger partial charge in [0.05, 0.1) is 12.8 Å². The topological polar surface area (TPSA) is 47.0 Å². The van der Waals surface area contributed by atoms with Gasteiger partial charge in [0.25, 0.3) is 5.88 Å². The predicted octanol–water partition coefficient (Wildman–Crippen LogP) is 3.90. The summed E-state index contributed by atoms with van der Waals surface area (Å²) in [5, 5.41) is 11.6. The van der Waals surface area contributed by atoms with Crippen molar-refractivity contribution in [1.82, 2.24) is 10.2 Å². The molecule has 3 aromatic rings. The number of nitrogens with zero attached hydrogens (tertiary/aromatic N) is 2. The SMILES string of the molecule is COc1nnc(-c2ccccc2)cc1Nc1ccccc1. The van der Waals surface area contributed by atoms with E-state index in [1.807, 2.05) is 66.7 Å². The molecule has 104 valence electrons. The van der Waals surface area contributed by atoms with Gasteiger partial charge in [-0.3, -0.25) is 0 Å². The Kier molecular flexibility index (Phi) is 3.78. The van der Waals surface area contributed by atoms with E-state index in [1.54, 1.807) is 7.11 Å². The molecule has 0 spiro atoms. The molecule has 2 aromatic carbocycles. The number of methoxy groups -OCH3 is 1. The molecule has 4 heteroatoms. The van der Waals surface area contributed by atoms with Crippen molar-refractivity contribution in [1.29, 1.82) is 0 Å². The maximum absolute atomic E-state index is 5.27. The molecule has 0 fully saturated rings. The van der Waals surface area contributed by atoms with Gasteiger partial charge in [0.1, 0.15) is 5.69 Å². The molecule has 0 saturated carbocycles. The van der Waals surface area contributed by atoms with Crippen molar-refractivity contribution in [2.75, 3.05) is 12.4 Å². The van der Waals surface area contributed by atoms with E-state index < -0.39 is 0 Å². The van der Waals surface area contributed by atoms with Crippen molar-refractivity contribution in [3.8, 4) is 17.1 Å². The largest absolute Gasteiger partial charge is 0.478 e. The van der Waals surface area contributed by atoms with E-state index in [-0.39, 0.29) is 0 Å². The van der Waals surface area contributed by atoms with Gasteiger partial charge in [-0.1, -0.05) is 48.5 Å². The third-order valence-corrected chi connectivity index (χ3v) is 3.08. The summed E-state index contributed by atoms with van der Waals surface area (Å²) < 4.78 is 5.27. The third-order valence-electron chi connectivity index (χ3n) is 3.08. The van der Waals surface area contributed by atoms with E-state index in [0.29, 0.717) is 5.88 Å². The maximum atomic E-state index is 5.27. The number of para-hydroxylation sites is 1. The van der Waals surface area contributed by atoms with Gasteiger partial charge in [-0.15, -0.1) is 10.2 Å². The smallest absolute Gasteiger partial charge is 0.257 e. The first-order valence-corrected chi connectivity index (χ1v) is 6.66. The zero-order chi connectivity index (χ0) is 14.5. The standard InChI is InChI=1S/C17H15N3O/c1-21-17-16(18-14-10-6-3-7-11-14)12-15(19-20-17)13-8-4-2-5-9-13/h2-12H,1H3,(H,18,19). The predicted molar refractivity (Wildman–Crippen MR) is 83.7 cm³/mol. The summed E-state index contributed by atoms with van der Waals surface area (Å²) in [5.41, 5.74) is 3.58. The van der Waals surface area contributed by atoms with Crippen molar-refractivity contribution in [3.05, 3.63) is 66.7 Å². The molecule has 0 amide bonds. The molecule has 0 radical (unpaired) electrons. The van der Waals surface area contributed by atoms with Crippen LogP contribution in [0.4, 0.5) is 11.4 Å². The van der Waals surface area contributed by atoms with Gasteiger partial charge in [0.2, 0.25) is 0 Å². The lowest BCUT2D eigenvalue weighted by Crippen LogP contribution is -1.99. The fourth-order valence-corrected chi connectivity index (χ4v) is 2.05. The minimum atomic E-state index is 0.471. The van der Waals surface area contributed by atoms with Gasteiger partial charge in [-0.2, -0.15) is 0 Å². The van der Waals surface area contributed by atoms with Crippen LogP contribution in [0, 0.1) is 0 Å². The molecular weight excluding hydrogens is 262 g/mol. The van der Waals surface area contributed by atoms with Crippen LogP contribution in [0.5, 0.6) is 5.88 Å². The molecule has 21 heavy (non-hydrogen) atoms. The van der Waals surface area contributed by atoms with E-state index in [1.165, 1.54) is 0 Å². The molecule has 1 heterocycles. The van der Waals surface area contributed by atoms with Gasteiger partial charge in [-0.05, 0) is 18.2 Å². The Labute approximate surface area is 123 Å². The molecule has 3 rings (SSSR count). The molecule has 1 aromatic heterocycles. The molecule has 4 nitrogen and oxygen atoms in total. The third kappa shape index (κ3) is 3.00. The molecule has 0 saturated heterocycles. The number of anilines is 2. The van der Waals surface area contributed by atoms with E-state index in [0.717, 1.165) is 22.6 Å². The zero-order valence-corrected chi connectivity index (χ0v) is 11.7. The summed E-state index contributed by atoms with van der Waals surface area (Å²) in [6.07, 6.45) is 0. The van der Waals surface area contributed by atoms with Crippen LogP contribution in [0.1, 0.15) is 0 Å². The number of rotatable bonds is 4. The van der Waals surface area contributed by atoms with Crippen molar-refractivity contribution >= 4 is 11.4 Å². The minimum Gasteiger partial charge on any atom is -0.478 e. The number of hydrogen-bond donors (Lipinski definition) is 1. The van der Waals surface area contributed by atoms with Crippen LogP contribution in [0.3, 0.4) is 0 Å². The van der Waals surface area contributed by atoms with Gasteiger partial charge in [0.15, 0.2) is 0 Å². The first kappa shape index (κ1) is 13.1. The van der Waals surface area contributed by atoms with Gasteiger partial charge >= 0.3 is 0 Å². The average molecular weight is 277 g/mol. The summed E-state index contributed by atoms with van der Waals surface area (Å²) in [5.74, 6) is 0.471. The Bertz CT molecular complexity index is 715. The van der Waals surface area contributed by atoms with Gasteiger partial charge in [-0.25, -0.2) is 0 Å². The maximum Gasteiger partial charge on any atom is 0.257 e. The van der Waals surface area contributed by atoms with E-state index in [4.69, 9.17) is 4.74 Å². The summed E-state index contributed by atoms with van der Waals surface area (Å²) >= 11 is 0. The first-order chi connectivity index (χ1) is 10.4. The Morgan fingerprint density at radius 3 is 2.19 bits per heavy atom. The Morgan fingerprint density at radius 2 is 1.52 bits per heavy atom. The van der Waals surface area contributed by atoms with Crippen LogP contribution >= 0.6 is 0 Å². The van der Waals surface area contributed by atoms with Crippen LogP contribution in [0.2, 0.25) is 0 Å². The quantitative estimate of drug-likeness (QED) is 0.785. The minimum absolute atomic E-state index is 0.471. The van der Waals surface area contributed by atoms with Crippen LogP contribution in [-0.2, 0) is 0 Å². The Morgan fingerprint density at radius 1 is 0.857 bits per heavy atom. The highest BCUT2D eigenvalue weighted by Crippen LogP contribution is 2.28. The van der Waals surface area contributed by atoms with Crippen molar-refractivity contribution in [2.24, 2.45) is 0 Å². The van der Waals surface area contributed by atoms with Crippen molar-refractivity contribution < 1.29 is 4.74 Å². The highest BCUT2D eigenvalue weighted by molar-refractivity contribution is 5.70. The molecule has 0 atom stereocenters. The number of hydrogen-bond acceptors (Lipinski definition) is 4. The fourth-order valence-electron chi connectivity index (χ4n) is 2.05. The summed E-state index contributed by atoms with van der Waals surface area (Å²) in [6.45, 7) is 0. The molecule has 0 bridgehead atoms. The zero-order valence-electron chi connectivity index (χ0n) is 11.7. The van der Waals surface area contributed by atoms with Gasteiger partial charge < -0.3 is 10.1 Å². The summed E-state index contributed by atoms with van der Waals surface area (Å²) in [4.78, 5) is 0. The van der Waals surface area contributed by atoms with Crippen LogP contribution < -0.4 is 10.1 Å². The summed E-state index contributed by atoms with van der Waals surface area (Å²) in [6, 6.07) is 21.8. The summed E-state index contributed by atoms with van der Waals surface area (Å²) in [7, 11) is 1.59. The lowest BCUT2D eigenvalue weighted by Gasteiger charge is -2.11. The second kappa shape index (κ2) is 6.05. The average Bonchev–Trinajstić information content (AvgIpc) is 2.56. The fraction of sp³-hybridized carbons (Fsp3) is 0.0588. The second-order valence-corrected chi connectivity index (χ2v) is 4.51. The first-order valence-electron chi connectivity index (χ1n) is 6.66. The second-order valence-electron chi connectivity index (χ2n) is 4.51. The van der Waals surface area contributed by atoms with Crippen LogP contribution in [-0.4, -0.2) is 17.3 Å². The number of ether oxygens (including phenoxy) is 1. The Hall–Kier alpha value is -2.88. The molecular formula is C17H15N3O. The van der Waals surface area contributed by atoms with Crippen LogP contribution in [0.25, 0.3) is 11.3 Å². The van der Waals surface area contributed by atoms with E-state index >= 15 is 0 Å². The highest BCUT2D eigenvalue weighted by atomic mass is 16.5. The van der Waals surface area contributed by atoms with E-state index in [9.17, 15) is 0 Å². The normalized spacial score (nSPS) is 10.1. The number of benzene rings is 2. The number of nitrogens with one attached hydrogen (secondary N) is 1. The van der Waals surface area contributed by atoms with Gasteiger partial charge in [0, 0.05) is 11.3 Å². The lowest BCUT2D eigenvalue weighted by molar-refractivity contribution is 0.394. The van der Waals surface area contributed by atoms with Crippen molar-refractivity contribution in [2.45, 2.75) is 0 Å². The molecule has 0 aliphatic carbocycles. The highest BCUT2D eigenvalue weighted by Gasteiger charge is 2.09. The molecule has 1 N–H and O–H groups in total. The van der Waals surface area contributed by atoms with Crippen molar-refractivity contribution in [3.63, 3.8) is 0 Å². The molecule has 0 unspecified atom stereocenters. The Balaban J connectivity index is 1.98. The lowest BCUT2D eigenvalue weighted by atomic mass is 10.1. The van der Waals surface area contributed by atoms with E-state index in [2.05, 4.69) is 15.5 Å². The monoisotopic (exact) mass is 277 g/mol.